The van der Waals surface area contributed by atoms with E-state index in [2.05, 4.69) is 169 Å². The van der Waals surface area contributed by atoms with Gasteiger partial charge in [0.05, 0.1) is 16.6 Å². The molecule has 2 aromatic heterocycles. The van der Waals surface area contributed by atoms with Gasteiger partial charge in [0.25, 0.3) is 0 Å². The van der Waals surface area contributed by atoms with E-state index in [0.29, 0.717) is 0 Å². The van der Waals surface area contributed by atoms with Gasteiger partial charge in [-0.25, -0.2) is 0 Å². The molecule has 43 heavy (non-hydrogen) atoms. The van der Waals surface area contributed by atoms with E-state index in [0.717, 1.165) is 5.69 Å². The van der Waals surface area contributed by atoms with Crippen molar-refractivity contribution in [3.8, 4) is 33.6 Å². The zero-order valence-corrected chi connectivity index (χ0v) is 24.3. The highest BCUT2D eigenvalue weighted by Crippen LogP contribution is 2.49. The minimum absolute atomic E-state index is 0.0212. The Bertz CT molecular complexity index is 2370. The average molecular weight is 551 g/mol. The molecule has 0 amide bonds. The standard InChI is InChI=1S/C41H30N2/c1-41(2)36-17-8-6-15-32(36)33-21-20-29(26-37(33)41)28-11-10-14-31(25-28)42-24-23-27-19-22-35-34-16-7-9-18-38(34)43(40(35)39(27)42)30-12-4-3-5-13-30/h3-26H,1-2H3. The smallest absolute Gasteiger partial charge is 0.0788 e. The van der Waals surface area contributed by atoms with Gasteiger partial charge in [0.2, 0.25) is 0 Å². The Morgan fingerprint density at radius 2 is 1.23 bits per heavy atom. The maximum absolute atomic E-state index is 2.42. The summed E-state index contributed by atoms with van der Waals surface area (Å²) in [6.07, 6.45) is 2.22. The maximum atomic E-state index is 2.42. The van der Waals surface area contributed by atoms with E-state index in [1.54, 1.807) is 0 Å². The van der Waals surface area contributed by atoms with E-state index in [4.69, 9.17) is 0 Å². The zero-order valence-electron chi connectivity index (χ0n) is 24.3. The maximum Gasteiger partial charge on any atom is 0.0788 e. The van der Waals surface area contributed by atoms with E-state index in [1.165, 1.54) is 71.8 Å². The SMILES string of the molecule is CC1(C)c2ccccc2-c2ccc(-c3cccc(-n4ccc5ccc6c7ccccc7n(-c7ccccc7)c6c54)c3)cc21. The molecule has 0 spiro atoms. The highest BCUT2D eigenvalue weighted by Gasteiger charge is 2.35. The van der Waals surface area contributed by atoms with Crippen molar-refractivity contribution in [3.05, 3.63) is 157 Å². The van der Waals surface area contributed by atoms with E-state index >= 15 is 0 Å². The molecule has 2 heterocycles. The summed E-state index contributed by atoms with van der Waals surface area (Å²) in [4.78, 5) is 0. The fraction of sp³-hybridized carbons (Fsp3) is 0.0732. The van der Waals surface area contributed by atoms with Gasteiger partial charge in [-0.05, 0) is 75.8 Å². The largest absolute Gasteiger partial charge is 0.315 e. The molecule has 1 aliphatic rings. The fourth-order valence-corrected chi connectivity index (χ4v) is 7.45. The minimum atomic E-state index is -0.0212. The first-order chi connectivity index (χ1) is 21.1. The Balaban J connectivity index is 1.25. The van der Waals surface area contributed by atoms with Gasteiger partial charge in [-0.15, -0.1) is 0 Å². The molecule has 2 heteroatoms. The van der Waals surface area contributed by atoms with Crippen molar-refractivity contribution in [3.63, 3.8) is 0 Å². The average Bonchev–Trinajstić information content (AvgIpc) is 3.70. The molecule has 0 unspecified atom stereocenters. The lowest BCUT2D eigenvalue weighted by Crippen LogP contribution is -2.14. The summed E-state index contributed by atoms with van der Waals surface area (Å²) in [5.74, 6) is 0. The molecule has 0 aliphatic heterocycles. The van der Waals surface area contributed by atoms with E-state index in [-0.39, 0.29) is 5.41 Å². The summed E-state index contributed by atoms with van der Waals surface area (Å²) in [6, 6.07) is 51.1. The van der Waals surface area contributed by atoms with Crippen LogP contribution in [-0.4, -0.2) is 9.13 Å². The second-order valence-corrected chi connectivity index (χ2v) is 12.3. The van der Waals surface area contributed by atoms with E-state index in [9.17, 15) is 0 Å². The molecule has 8 aromatic rings. The third-order valence-electron chi connectivity index (χ3n) is 9.54. The topological polar surface area (TPSA) is 9.86 Å². The van der Waals surface area contributed by atoms with Crippen molar-refractivity contribution in [2.24, 2.45) is 0 Å². The van der Waals surface area contributed by atoms with Crippen molar-refractivity contribution in [1.82, 2.24) is 9.13 Å². The van der Waals surface area contributed by atoms with Gasteiger partial charge < -0.3 is 9.13 Å². The first kappa shape index (κ1) is 24.3. The van der Waals surface area contributed by atoms with Crippen LogP contribution in [-0.2, 0) is 5.41 Å². The van der Waals surface area contributed by atoms with Gasteiger partial charge in [-0.2, -0.15) is 0 Å². The summed E-state index contributed by atoms with van der Waals surface area (Å²) in [5, 5.41) is 3.77. The zero-order chi connectivity index (χ0) is 28.7. The number of para-hydroxylation sites is 2. The summed E-state index contributed by atoms with van der Waals surface area (Å²) < 4.78 is 4.79. The molecule has 0 bridgehead atoms. The quantitative estimate of drug-likeness (QED) is 0.207. The van der Waals surface area contributed by atoms with Crippen molar-refractivity contribution in [2.45, 2.75) is 19.3 Å². The van der Waals surface area contributed by atoms with Gasteiger partial charge in [-0.3, -0.25) is 0 Å². The fourth-order valence-electron chi connectivity index (χ4n) is 7.45. The van der Waals surface area contributed by atoms with Crippen LogP contribution in [0.3, 0.4) is 0 Å². The molecule has 0 saturated carbocycles. The highest BCUT2D eigenvalue weighted by atomic mass is 15.0. The Hall–Kier alpha value is -5.34. The number of rotatable bonds is 3. The molecule has 0 fully saturated rings. The van der Waals surface area contributed by atoms with Crippen LogP contribution in [0.15, 0.2) is 146 Å². The molecule has 2 nitrogen and oxygen atoms in total. The Morgan fingerprint density at radius 1 is 0.488 bits per heavy atom. The van der Waals surface area contributed by atoms with Crippen LogP contribution in [0, 0.1) is 0 Å². The Morgan fingerprint density at radius 3 is 2.14 bits per heavy atom. The number of hydrogen-bond acceptors (Lipinski definition) is 0. The lowest BCUT2D eigenvalue weighted by Gasteiger charge is -2.22. The lowest BCUT2D eigenvalue weighted by atomic mass is 9.81. The van der Waals surface area contributed by atoms with Crippen LogP contribution in [0.25, 0.3) is 66.3 Å². The van der Waals surface area contributed by atoms with Crippen molar-refractivity contribution >= 4 is 32.7 Å². The van der Waals surface area contributed by atoms with Gasteiger partial charge in [0, 0.05) is 39.1 Å². The van der Waals surface area contributed by atoms with Crippen LogP contribution in [0.5, 0.6) is 0 Å². The molecule has 0 radical (unpaired) electrons. The monoisotopic (exact) mass is 550 g/mol. The van der Waals surface area contributed by atoms with Gasteiger partial charge in [0.15, 0.2) is 0 Å². The van der Waals surface area contributed by atoms with Crippen molar-refractivity contribution in [2.75, 3.05) is 0 Å². The third-order valence-corrected chi connectivity index (χ3v) is 9.54. The number of benzene rings is 6. The summed E-state index contributed by atoms with van der Waals surface area (Å²) in [5.41, 5.74) is 14.0. The molecule has 9 rings (SSSR count). The Kier molecular flexibility index (Phi) is 4.99. The van der Waals surface area contributed by atoms with Gasteiger partial charge >= 0.3 is 0 Å². The highest BCUT2D eigenvalue weighted by molar-refractivity contribution is 6.18. The van der Waals surface area contributed by atoms with E-state index in [1.807, 2.05) is 0 Å². The van der Waals surface area contributed by atoms with Crippen molar-refractivity contribution in [1.29, 1.82) is 0 Å². The Labute approximate surface area is 251 Å². The summed E-state index contributed by atoms with van der Waals surface area (Å²) in [6.45, 7) is 4.70. The second-order valence-electron chi connectivity index (χ2n) is 12.3. The first-order valence-electron chi connectivity index (χ1n) is 15.0. The molecule has 0 atom stereocenters. The van der Waals surface area contributed by atoms with Crippen LogP contribution in [0.4, 0.5) is 0 Å². The normalized spacial score (nSPS) is 13.5. The molecular formula is C41H30N2. The third kappa shape index (κ3) is 3.41. The van der Waals surface area contributed by atoms with Crippen LogP contribution >= 0.6 is 0 Å². The minimum Gasteiger partial charge on any atom is -0.315 e. The lowest BCUT2D eigenvalue weighted by molar-refractivity contribution is 0.660. The van der Waals surface area contributed by atoms with Gasteiger partial charge in [-0.1, -0.05) is 111 Å². The van der Waals surface area contributed by atoms with Crippen LogP contribution in [0.2, 0.25) is 0 Å². The molecule has 6 aromatic carbocycles. The number of aromatic nitrogens is 2. The number of nitrogens with zero attached hydrogens (tertiary/aromatic N) is 2. The molecule has 204 valence electrons. The summed E-state index contributed by atoms with van der Waals surface area (Å²) in [7, 11) is 0. The molecule has 0 N–H and O–H groups in total. The van der Waals surface area contributed by atoms with Crippen LogP contribution < -0.4 is 0 Å². The predicted molar refractivity (Wildman–Crippen MR) is 181 cm³/mol. The van der Waals surface area contributed by atoms with E-state index < -0.39 is 0 Å². The number of hydrogen-bond donors (Lipinski definition) is 0. The predicted octanol–water partition coefficient (Wildman–Crippen LogP) is 10.7. The van der Waals surface area contributed by atoms with Crippen molar-refractivity contribution < 1.29 is 0 Å². The molecule has 1 aliphatic carbocycles. The summed E-state index contributed by atoms with van der Waals surface area (Å²) >= 11 is 0. The molecule has 0 saturated heterocycles. The first-order valence-corrected chi connectivity index (χ1v) is 15.0. The molecular weight excluding hydrogens is 520 g/mol. The van der Waals surface area contributed by atoms with Gasteiger partial charge in [0.1, 0.15) is 0 Å². The number of fused-ring (bicyclic) bond motifs is 8. The second kappa shape index (κ2) is 8.83. The van der Waals surface area contributed by atoms with Crippen LogP contribution in [0.1, 0.15) is 25.0 Å².